The molecule has 0 aliphatic rings. The molecule has 0 amide bonds. The van der Waals surface area contributed by atoms with Gasteiger partial charge in [0.05, 0.1) is 0 Å². The highest BCUT2D eigenvalue weighted by Gasteiger charge is 1.98. The topological polar surface area (TPSA) is 25.8 Å². The summed E-state index contributed by atoms with van der Waals surface area (Å²) in [4.78, 5) is 9.04. The maximum absolute atomic E-state index is 5.58. The van der Waals surface area contributed by atoms with Crippen molar-refractivity contribution in [3.63, 3.8) is 0 Å². The summed E-state index contributed by atoms with van der Waals surface area (Å²) in [7, 11) is 0. The molecule has 0 bridgehead atoms. The minimum atomic E-state index is 0.716. The average Bonchev–Trinajstić information content (AvgIpc) is 2.34. The van der Waals surface area contributed by atoms with Gasteiger partial charge in [-0.2, -0.15) is 0 Å². The van der Waals surface area contributed by atoms with Crippen LogP contribution in [0.4, 0.5) is 0 Å². The molecule has 2 rings (SSSR count). The molecule has 2 radical (unpaired) electrons. The van der Waals surface area contributed by atoms with Crippen molar-refractivity contribution in [2.45, 2.75) is 0 Å². The monoisotopic (exact) mass is 148 g/mol. The zero-order valence-electron chi connectivity index (χ0n) is 5.11. The molecule has 48 valence electrons. The Labute approximate surface area is 62.6 Å². The summed E-state index contributed by atoms with van der Waals surface area (Å²) in [6.07, 6.45) is 3.31. The third kappa shape index (κ3) is 0.708. The molecule has 0 fully saturated rings. The summed E-state index contributed by atoms with van der Waals surface area (Å²) in [5, 5.41) is 1.85. The van der Waals surface area contributed by atoms with Gasteiger partial charge >= 0.3 is 0 Å². The quantitative estimate of drug-likeness (QED) is 0.568. The van der Waals surface area contributed by atoms with Crippen LogP contribution in [0.3, 0.4) is 0 Å². The summed E-state index contributed by atoms with van der Waals surface area (Å²) in [6.45, 7) is 5.58. The summed E-state index contributed by atoms with van der Waals surface area (Å²) in [6, 6.07) is 0. The molecule has 0 aliphatic heterocycles. The average molecular weight is 148 g/mol. The van der Waals surface area contributed by atoms with Crippen LogP contribution in [-0.2, 0) is 0 Å². The Hall–Kier alpha value is -0.960. The highest BCUT2D eigenvalue weighted by molar-refractivity contribution is 7.16. The standard InChI is InChI=1S/C7H4N2S/c1-5-4-10-7-6(5)8-2-3-9-7/h1-4H. The number of nitrogens with zero attached hydrogens (tertiary/aromatic N) is 2. The Bertz CT molecular complexity index is 353. The van der Waals surface area contributed by atoms with Crippen molar-refractivity contribution in [3.05, 3.63) is 30.3 Å². The van der Waals surface area contributed by atoms with E-state index in [2.05, 4.69) is 9.97 Å². The molecule has 0 unspecified atom stereocenters. The highest BCUT2D eigenvalue weighted by Crippen LogP contribution is 2.19. The molecule has 3 heteroatoms. The summed E-state index contributed by atoms with van der Waals surface area (Å²) in [5.41, 5.74) is 1.53. The molecule has 0 saturated heterocycles. The van der Waals surface area contributed by atoms with Crippen LogP contribution in [0.5, 0.6) is 0 Å². The van der Waals surface area contributed by atoms with Gasteiger partial charge < -0.3 is 0 Å². The molecule has 0 N–H and O–H groups in total. The lowest BCUT2D eigenvalue weighted by Crippen LogP contribution is -1.75. The second kappa shape index (κ2) is 2.02. The minimum absolute atomic E-state index is 0.716. The Morgan fingerprint density at radius 3 is 2.90 bits per heavy atom. The molecule has 0 aromatic carbocycles. The van der Waals surface area contributed by atoms with Gasteiger partial charge in [0, 0.05) is 19.3 Å². The first-order chi connectivity index (χ1) is 4.88. The molecular weight excluding hydrogens is 144 g/mol. The first-order valence-electron chi connectivity index (χ1n) is 2.81. The lowest BCUT2D eigenvalue weighted by molar-refractivity contribution is 1.31. The second-order valence-electron chi connectivity index (χ2n) is 1.90. The van der Waals surface area contributed by atoms with Crippen LogP contribution >= 0.6 is 11.3 Å². The van der Waals surface area contributed by atoms with E-state index in [0.29, 0.717) is 5.56 Å². The van der Waals surface area contributed by atoms with Crippen LogP contribution in [0.1, 0.15) is 5.56 Å². The fourth-order valence-electron chi connectivity index (χ4n) is 0.785. The van der Waals surface area contributed by atoms with Gasteiger partial charge in [0.25, 0.3) is 0 Å². The first kappa shape index (κ1) is 5.80. The normalized spacial score (nSPS) is 10.5. The van der Waals surface area contributed by atoms with Crippen molar-refractivity contribution in [2.24, 2.45) is 0 Å². The van der Waals surface area contributed by atoms with Gasteiger partial charge in [-0.3, -0.25) is 4.98 Å². The maximum atomic E-state index is 5.58. The molecule has 2 aromatic rings. The Kier molecular flexibility index (Phi) is 1.17. The number of thiophene rings is 1. The number of fused-ring (bicyclic) bond motifs is 1. The second-order valence-corrected chi connectivity index (χ2v) is 2.76. The molecule has 0 spiro atoms. The van der Waals surface area contributed by atoms with Crippen LogP contribution < -0.4 is 0 Å². The van der Waals surface area contributed by atoms with E-state index in [9.17, 15) is 0 Å². The fourth-order valence-corrected chi connectivity index (χ4v) is 1.54. The zero-order chi connectivity index (χ0) is 6.97. The van der Waals surface area contributed by atoms with E-state index >= 15 is 0 Å². The van der Waals surface area contributed by atoms with Gasteiger partial charge in [-0.25, -0.2) is 4.98 Å². The Morgan fingerprint density at radius 1 is 1.30 bits per heavy atom. The van der Waals surface area contributed by atoms with Crippen LogP contribution in [0.2, 0.25) is 0 Å². The molecule has 10 heavy (non-hydrogen) atoms. The SMILES string of the molecule is [CH]c1csc2nccnc12. The number of hydrogen-bond donors (Lipinski definition) is 0. The molecule has 0 atom stereocenters. The van der Waals surface area contributed by atoms with E-state index in [4.69, 9.17) is 6.92 Å². The van der Waals surface area contributed by atoms with Gasteiger partial charge in [0.1, 0.15) is 10.3 Å². The molecule has 2 heterocycles. The van der Waals surface area contributed by atoms with E-state index in [1.165, 1.54) is 11.3 Å². The largest absolute Gasteiger partial charge is 0.252 e. The van der Waals surface area contributed by atoms with Gasteiger partial charge in [-0.05, 0) is 10.9 Å². The van der Waals surface area contributed by atoms with E-state index in [1.54, 1.807) is 12.4 Å². The van der Waals surface area contributed by atoms with Crippen LogP contribution in [0.25, 0.3) is 10.3 Å². The van der Waals surface area contributed by atoms with E-state index in [0.717, 1.165) is 10.3 Å². The summed E-state index contributed by atoms with van der Waals surface area (Å²) >= 11 is 1.52. The minimum Gasteiger partial charge on any atom is -0.252 e. The number of aromatic nitrogens is 2. The number of hydrogen-bond acceptors (Lipinski definition) is 3. The summed E-state index contributed by atoms with van der Waals surface area (Å²) < 4.78 is 0. The smallest absolute Gasteiger partial charge is 0.142 e. The lowest BCUT2D eigenvalue weighted by atomic mass is 10.3. The molecule has 0 aliphatic carbocycles. The molecule has 0 saturated carbocycles. The molecule has 2 nitrogen and oxygen atoms in total. The van der Waals surface area contributed by atoms with Crippen molar-refractivity contribution in [3.8, 4) is 0 Å². The van der Waals surface area contributed by atoms with E-state index < -0.39 is 0 Å². The van der Waals surface area contributed by atoms with E-state index in [1.807, 2.05) is 5.38 Å². The third-order valence-corrected chi connectivity index (χ3v) is 2.13. The van der Waals surface area contributed by atoms with Crippen molar-refractivity contribution >= 4 is 21.7 Å². The van der Waals surface area contributed by atoms with Gasteiger partial charge in [-0.15, -0.1) is 11.3 Å². The maximum Gasteiger partial charge on any atom is 0.142 e. The van der Waals surface area contributed by atoms with Gasteiger partial charge in [0.2, 0.25) is 0 Å². The Balaban J connectivity index is 2.93. The van der Waals surface area contributed by atoms with E-state index in [-0.39, 0.29) is 0 Å². The van der Waals surface area contributed by atoms with Crippen molar-refractivity contribution in [1.82, 2.24) is 9.97 Å². The fraction of sp³-hybridized carbons (Fsp3) is 0. The van der Waals surface area contributed by atoms with Gasteiger partial charge in [0.15, 0.2) is 0 Å². The van der Waals surface area contributed by atoms with Crippen molar-refractivity contribution in [2.75, 3.05) is 0 Å². The van der Waals surface area contributed by atoms with Crippen molar-refractivity contribution in [1.29, 1.82) is 0 Å². The van der Waals surface area contributed by atoms with Crippen LogP contribution in [-0.4, -0.2) is 9.97 Å². The zero-order valence-corrected chi connectivity index (χ0v) is 5.93. The molecule has 2 aromatic heterocycles. The predicted octanol–water partition coefficient (Wildman–Crippen LogP) is 1.75. The summed E-state index contributed by atoms with van der Waals surface area (Å²) in [5.74, 6) is 0. The highest BCUT2D eigenvalue weighted by atomic mass is 32.1. The number of rotatable bonds is 0. The Morgan fingerprint density at radius 2 is 2.10 bits per heavy atom. The first-order valence-corrected chi connectivity index (χ1v) is 3.69. The predicted molar refractivity (Wildman–Crippen MR) is 40.8 cm³/mol. The lowest BCUT2D eigenvalue weighted by Gasteiger charge is -1.85. The van der Waals surface area contributed by atoms with Crippen LogP contribution in [0.15, 0.2) is 17.8 Å². The van der Waals surface area contributed by atoms with Gasteiger partial charge in [-0.1, -0.05) is 0 Å². The molecular formula is C7H4N2S. The van der Waals surface area contributed by atoms with Crippen molar-refractivity contribution < 1.29 is 0 Å². The third-order valence-electron chi connectivity index (χ3n) is 1.24. The van der Waals surface area contributed by atoms with Crippen LogP contribution in [0, 0.1) is 6.92 Å².